The highest BCUT2D eigenvalue weighted by Gasteiger charge is 2.26. The molecule has 0 spiro atoms. The van der Waals surface area contributed by atoms with Crippen molar-refractivity contribution in [3.63, 3.8) is 0 Å². The van der Waals surface area contributed by atoms with Crippen LogP contribution in [0.3, 0.4) is 0 Å². The fourth-order valence-corrected chi connectivity index (χ4v) is 1.91. The smallest absolute Gasteiger partial charge is 0.222 e. The molecule has 1 heterocycles. The van der Waals surface area contributed by atoms with Gasteiger partial charge in [0, 0.05) is 25.3 Å². The summed E-state index contributed by atoms with van der Waals surface area (Å²) in [6.07, 6.45) is 6.84. The second-order valence-corrected chi connectivity index (χ2v) is 5.27. The monoisotopic (exact) mass is 227 g/mol. The number of carbonyl (C=O) groups excluding carboxylic acids is 1. The van der Waals surface area contributed by atoms with E-state index in [1.807, 2.05) is 17.1 Å². The number of carbonyl (C=O) groups is 1. The molecule has 0 N–H and O–H groups in total. The molecular formula is C12H21NOS. The van der Waals surface area contributed by atoms with Crippen LogP contribution < -0.4 is 0 Å². The van der Waals surface area contributed by atoms with Crippen molar-refractivity contribution < 1.29 is 4.79 Å². The predicted octanol–water partition coefficient (Wildman–Crippen LogP) is 2.51. The minimum atomic E-state index is 0.296. The molecule has 0 bridgehead atoms. The highest BCUT2D eigenvalue weighted by atomic mass is 32.1. The van der Waals surface area contributed by atoms with Gasteiger partial charge in [-0.25, -0.2) is 0 Å². The molecule has 2 nitrogen and oxygen atoms in total. The Bertz CT molecular complexity index is 248. The molecule has 1 aliphatic rings. The number of hydrogen-bond acceptors (Lipinski definition) is 2. The van der Waals surface area contributed by atoms with Crippen LogP contribution in [0.15, 0.2) is 12.2 Å². The van der Waals surface area contributed by atoms with Gasteiger partial charge >= 0.3 is 0 Å². The van der Waals surface area contributed by atoms with Gasteiger partial charge < -0.3 is 4.90 Å². The number of rotatable bonds is 3. The fraction of sp³-hybridized carbons (Fsp3) is 0.750. The van der Waals surface area contributed by atoms with Crippen LogP contribution in [0.1, 0.15) is 33.1 Å². The van der Waals surface area contributed by atoms with E-state index in [4.69, 9.17) is 0 Å². The third kappa shape index (κ3) is 4.29. The fourth-order valence-electron chi connectivity index (χ4n) is 1.76. The minimum Gasteiger partial charge on any atom is -0.339 e. The van der Waals surface area contributed by atoms with Gasteiger partial charge in [-0.2, -0.15) is 12.6 Å². The van der Waals surface area contributed by atoms with Gasteiger partial charge in [-0.05, 0) is 18.3 Å². The standard InChI is InChI=1S/C12H21NOS/c1-12(2)6-5-11(14)13(9-7-12)8-3-4-10-15/h3-4,15H,5-10H2,1-2H3. The van der Waals surface area contributed by atoms with Crippen LogP contribution >= 0.6 is 12.6 Å². The molecule has 1 rings (SSSR count). The van der Waals surface area contributed by atoms with Gasteiger partial charge in [0.05, 0.1) is 0 Å². The van der Waals surface area contributed by atoms with Crippen molar-refractivity contribution in [2.75, 3.05) is 18.8 Å². The van der Waals surface area contributed by atoms with Crippen molar-refractivity contribution in [3.05, 3.63) is 12.2 Å². The maximum Gasteiger partial charge on any atom is 0.222 e. The van der Waals surface area contributed by atoms with Gasteiger partial charge in [-0.1, -0.05) is 26.0 Å². The molecule has 0 aliphatic carbocycles. The van der Waals surface area contributed by atoms with Crippen molar-refractivity contribution in [2.45, 2.75) is 33.1 Å². The third-order valence-corrected chi connectivity index (χ3v) is 3.24. The highest BCUT2D eigenvalue weighted by molar-refractivity contribution is 7.80. The Balaban J connectivity index is 2.50. The van der Waals surface area contributed by atoms with Crippen molar-refractivity contribution in [1.29, 1.82) is 0 Å². The number of thiol groups is 1. The first-order valence-corrected chi connectivity index (χ1v) is 6.22. The summed E-state index contributed by atoms with van der Waals surface area (Å²) in [6, 6.07) is 0. The van der Waals surface area contributed by atoms with Crippen molar-refractivity contribution in [1.82, 2.24) is 4.90 Å². The van der Waals surface area contributed by atoms with Crippen LogP contribution in [0, 0.1) is 5.41 Å². The molecule has 0 radical (unpaired) electrons. The van der Waals surface area contributed by atoms with Crippen molar-refractivity contribution in [2.24, 2.45) is 5.41 Å². The quantitative estimate of drug-likeness (QED) is 0.580. The molecule has 0 aromatic carbocycles. The third-order valence-electron chi connectivity index (χ3n) is 3.02. The van der Waals surface area contributed by atoms with Gasteiger partial charge in [-0.3, -0.25) is 4.79 Å². The topological polar surface area (TPSA) is 20.3 Å². The Morgan fingerprint density at radius 3 is 2.80 bits per heavy atom. The lowest BCUT2D eigenvalue weighted by molar-refractivity contribution is -0.130. The number of likely N-dealkylation sites (tertiary alicyclic amines) is 1. The average molecular weight is 227 g/mol. The van der Waals surface area contributed by atoms with E-state index in [2.05, 4.69) is 26.5 Å². The number of hydrogen-bond donors (Lipinski definition) is 1. The van der Waals surface area contributed by atoms with Crippen LogP contribution in [0.2, 0.25) is 0 Å². The summed E-state index contributed by atoms with van der Waals surface area (Å²) < 4.78 is 0. The molecule has 0 aromatic rings. The van der Waals surface area contributed by atoms with Crippen LogP contribution in [-0.2, 0) is 4.79 Å². The van der Waals surface area contributed by atoms with Crippen molar-refractivity contribution >= 4 is 18.5 Å². The summed E-state index contributed by atoms with van der Waals surface area (Å²) >= 11 is 4.10. The second kappa shape index (κ2) is 5.59. The van der Waals surface area contributed by atoms with E-state index < -0.39 is 0 Å². The Kier molecular flexibility index (Phi) is 4.71. The normalized spacial score (nSPS) is 22.1. The highest BCUT2D eigenvalue weighted by Crippen LogP contribution is 2.30. The Hall–Kier alpha value is -0.440. The lowest BCUT2D eigenvalue weighted by atomic mass is 9.85. The molecule has 1 amide bonds. The van der Waals surface area contributed by atoms with E-state index in [1.165, 1.54) is 0 Å². The van der Waals surface area contributed by atoms with Crippen LogP contribution in [-0.4, -0.2) is 29.6 Å². The SMILES string of the molecule is CC1(C)CCC(=O)N(CC=CCS)CC1. The Labute approximate surface area is 98.1 Å². The molecule has 0 atom stereocenters. The van der Waals surface area contributed by atoms with Gasteiger partial charge in [-0.15, -0.1) is 0 Å². The molecule has 0 unspecified atom stereocenters. The maximum absolute atomic E-state index is 11.8. The van der Waals surface area contributed by atoms with E-state index in [0.717, 1.165) is 31.7 Å². The van der Waals surface area contributed by atoms with Gasteiger partial charge in [0.25, 0.3) is 0 Å². The first kappa shape index (κ1) is 12.6. The second-order valence-electron chi connectivity index (χ2n) is 4.91. The predicted molar refractivity (Wildman–Crippen MR) is 67.2 cm³/mol. The summed E-state index contributed by atoms with van der Waals surface area (Å²) in [5, 5.41) is 0. The molecule has 0 saturated carbocycles. The van der Waals surface area contributed by atoms with E-state index in [0.29, 0.717) is 17.7 Å². The molecule has 1 aliphatic heterocycles. The Morgan fingerprint density at radius 1 is 1.40 bits per heavy atom. The summed E-state index contributed by atoms with van der Waals surface area (Å²) in [5.41, 5.74) is 0.317. The zero-order valence-electron chi connectivity index (χ0n) is 9.70. The number of nitrogens with zero attached hydrogens (tertiary/aromatic N) is 1. The average Bonchev–Trinajstić information content (AvgIpc) is 2.31. The molecule has 1 fully saturated rings. The molecule has 1 saturated heterocycles. The summed E-state index contributed by atoms with van der Waals surface area (Å²) in [6.45, 7) is 6.12. The molecule has 86 valence electrons. The molecule has 15 heavy (non-hydrogen) atoms. The zero-order valence-corrected chi connectivity index (χ0v) is 10.6. The van der Waals surface area contributed by atoms with E-state index in [9.17, 15) is 4.79 Å². The van der Waals surface area contributed by atoms with E-state index in [-0.39, 0.29) is 0 Å². The molecule has 0 aromatic heterocycles. The largest absolute Gasteiger partial charge is 0.339 e. The minimum absolute atomic E-state index is 0.296. The zero-order chi connectivity index (χ0) is 11.3. The Morgan fingerprint density at radius 2 is 2.13 bits per heavy atom. The van der Waals surface area contributed by atoms with Gasteiger partial charge in [0.2, 0.25) is 5.91 Å². The van der Waals surface area contributed by atoms with Crippen LogP contribution in [0.25, 0.3) is 0 Å². The first-order chi connectivity index (χ1) is 7.05. The van der Waals surface area contributed by atoms with Crippen molar-refractivity contribution in [3.8, 4) is 0 Å². The van der Waals surface area contributed by atoms with E-state index in [1.54, 1.807) is 0 Å². The van der Waals surface area contributed by atoms with E-state index >= 15 is 0 Å². The van der Waals surface area contributed by atoms with Gasteiger partial charge in [0.1, 0.15) is 0 Å². The lowest BCUT2D eigenvalue weighted by Gasteiger charge is -2.22. The van der Waals surface area contributed by atoms with Gasteiger partial charge in [0.15, 0.2) is 0 Å². The summed E-state index contributed by atoms with van der Waals surface area (Å²) in [4.78, 5) is 13.7. The maximum atomic E-state index is 11.8. The summed E-state index contributed by atoms with van der Waals surface area (Å²) in [5.74, 6) is 1.04. The van der Waals surface area contributed by atoms with Crippen LogP contribution in [0.5, 0.6) is 0 Å². The lowest BCUT2D eigenvalue weighted by Crippen LogP contribution is -2.30. The van der Waals surface area contributed by atoms with Crippen LogP contribution in [0.4, 0.5) is 0 Å². The molecular weight excluding hydrogens is 206 g/mol. The number of amides is 1. The first-order valence-electron chi connectivity index (χ1n) is 5.59. The summed E-state index contributed by atoms with van der Waals surface area (Å²) in [7, 11) is 0. The molecule has 3 heteroatoms.